The first-order chi connectivity index (χ1) is 15.0. The molecule has 3 rings (SSSR count). The van der Waals surface area contributed by atoms with Crippen LogP contribution in [0.3, 0.4) is 0 Å². The lowest BCUT2D eigenvalue weighted by atomic mass is 10.1. The molecule has 0 aliphatic heterocycles. The number of fused-ring (bicyclic) bond motifs is 1. The van der Waals surface area contributed by atoms with Crippen LogP contribution in [-0.4, -0.2) is 58.8 Å². The van der Waals surface area contributed by atoms with Crippen molar-refractivity contribution in [2.45, 2.75) is 20.8 Å². The summed E-state index contributed by atoms with van der Waals surface area (Å²) in [6.07, 6.45) is 1.33. The molecule has 2 aromatic heterocycles. The van der Waals surface area contributed by atoms with Crippen LogP contribution in [0.4, 0.5) is 11.4 Å². The van der Waals surface area contributed by atoms with Crippen LogP contribution in [0.25, 0.3) is 11.0 Å². The fraction of sp³-hybridized carbons (Fsp3) is 0.348. The smallest absolute Gasteiger partial charge is 0.339 e. The Labute approximate surface area is 181 Å². The van der Waals surface area contributed by atoms with Gasteiger partial charge in [-0.1, -0.05) is 13.8 Å². The number of carboxylic acid groups (broad SMARTS) is 1. The molecule has 0 unspecified atom stereocenters. The molecular weight excluding hydrogens is 396 g/mol. The standard InChI is InChI=1S/C23H28N4O4/c1-4-27(5-2)13-14-31-17-9-7-16(8-10-17)25-21-18(23(28)29)15-24-19-11-12-20(30-6-3)26-22(19)21/h7-12,15H,4-6,13-14H2,1-3H3,(H,24,25)(H,28,29). The maximum absolute atomic E-state index is 11.8. The molecule has 0 amide bonds. The molecule has 0 bridgehead atoms. The van der Waals surface area contributed by atoms with Crippen LogP contribution in [0.5, 0.6) is 11.6 Å². The summed E-state index contributed by atoms with van der Waals surface area (Å²) in [5.74, 6) is 0.0868. The Hall–Kier alpha value is -3.39. The predicted molar refractivity (Wildman–Crippen MR) is 121 cm³/mol. The summed E-state index contributed by atoms with van der Waals surface area (Å²) >= 11 is 0. The number of carboxylic acids is 1. The van der Waals surface area contributed by atoms with Gasteiger partial charge in [-0.15, -0.1) is 0 Å². The zero-order chi connectivity index (χ0) is 22.2. The van der Waals surface area contributed by atoms with Crippen molar-refractivity contribution < 1.29 is 19.4 Å². The quantitative estimate of drug-likeness (QED) is 0.473. The number of carbonyl (C=O) groups is 1. The summed E-state index contributed by atoms with van der Waals surface area (Å²) in [4.78, 5) is 22.7. The van der Waals surface area contributed by atoms with E-state index in [0.717, 1.165) is 31.1 Å². The number of anilines is 2. The Kier molecular flexibility index (Phi) is 7.61. The lowest BCUT2D eigenvalue weighted by Crippen LogP contribution is -2.27. The van der Waals surface area contributed by atoms with Gasteiger partial charge in [0.15, 0.2) is 0 Å². The normalized spacial score (nSPS) is 11.0. The molecule has 0 saturated carbocycles. The minimum absolute atomic E-state index is 0.0354. The number of hydrogen-bond acceptors (Lipinski definition) is 7. The maximum Gasteiger partial charge on any atom is 0.339 e. The lowest BCUT2D eigenvalue weighted by Gasteiger charge is -2.18. The molecule has 0 spiro atoms. The van der Waals surface area contributed by atoms with Crippen LogP contribution in [0, 0.1) is 0 Å². The van der Waals surface area contributed by atoms with Gasteiger partial charge in [0.2, 0.25) is 5.88 Å². The van der Waals surface area contributed by atoms with E-state index >= 15 is 0 Å². The topological polar surface area (TPSA) is 96.8 Å². The number of ether oxygens (including phenoxy) is 2. The van der Waals surface area contributed by atoms with E-state index in [2.05, 4.69) is 34.0 Å². The molecule has 8 heteroatoms. The highest BCUT2D eigenvalue weighted by Gasteiger charge is 2.17. The first kappa shape index (κ1) is 22.3. The molecule has 1 aromatic carbocycles. The number of likely N-dealkylation sites (N-methyl/N-ethyl adjacent to an activating group) is 1. The highest BCUT2D eigenvalue weighted by molar-refractivity contribution is 6.03. The summed E-state index contributed by atoms with van der Waals surface area (Å²) < 4.78 is 11.3. The number of nitrogens with zero attached hydrogens (tertiary/aromatic N) is 3. The zero-order valence-corrected chi connectivity index (χ0v) is 18.1. The second-order valence-electron chi connectivity index (χ2n) is 6.83. The van der Waals surface area contributed by atoms with Gasteiger partial charge in [0.25, 0.3) is 0 Å². The van der Waals surface area contributed by atoms with Gasteiger partial charge < -0.3 is 24.8 Å². The summed E-state index contributed by atoms with van der Waals surface area (Å²) in [5, 5.41) is 12.8. The molecule has 2 N–H and O–H groups in total. The van der Waals surface area contributed by atoms with Crippen LogP contribution < -0.4 is 14.8 Å². The number of aromatic nitrogens is 2. The Morgan fingerprint density at radius 1 is 1.06 bits per heavy atom. The first-order valence-electron chi connectivity index (χ1n) is 10.4. The molecule has 0 radical (unpaired) electrons. The van der Waals surface area contributed by atoms with Crippen molar-refractivity contribution in [3.63, 3.8) is 0 Å². The molecule has 0 atom stereocenters. The second-order valence-corrected chi connectivity index (χ2v) is 6.83. The Balaban J connectivity index is 1.82. The van der Waals surface area contributed by atoms with E-state index in [0.29, 0.717) is 35.8 Å². The van der Waals surface area contributed by atoms with Crippen molar-refractivity contribution in [2.75, 3.05) is 38.2 Å². The highest BCUT2D eigenvalue weighted by atomic mass is 16.5. The predicted octanol–water partition coefficient (Wildman–Crippen LogP) is 4.19. The Morgan fingerprint density at radius 2 is 1.81 bits per heavy atom. The lowest BCUT2D eigenvalue weighted by molar-refractivity contribution is 0.0697. The Bertz CT molecular complexity index is 1020. The van der Waals surface area contributed by atoms with E-state index in [9.17, 15) is 9.90 Å². The van der Waals surface area contributed by atoms with Gasteiger partial charge in [0.1, 0.15) is 23.4 Å². The molecule has 0 aliphatic carbocycles. The van der Waals surface area contributed by atoms with Gasteiger partial charge in [-0.2, -0.15) is 0 Å². The summed E-state index contributed by atoms with van der Waals surface area (Å²) in [6, 6.07) is 10.9. The average molecular weight is 425 g/mol. The van der Waals surface area contributed by atoms with Gasteiger partial charge in [-0.25, -0.2) is 9.78 Å². The fourth-order valence-corrected chi connectivity index (χ4v) is 3.18. The van der Waals surface area contributed by atoms with Crippen molar-refractivity contribution in [3.8, 4) is 11.6 Å². The molecule has 0 saturated heterocycles. The molecule has 8 nitrogen and oxygen atoms in total. The largest absolute Gasteiger partial charge is 0.492 e. The maximum atomic E-state index is 11.8. The van der Waals surface area contributed by atoms with Crippen LogP contribution in [0.1, 0.15) is 31.1 Å². The molecule has 0 fully saturated rings. The zero-order valence-electron chi connectivity index (χ0n) is 18.1. The van der Waals surface area contributed by atoms with Crippen molar-refractivity contribution in [1.29, 1.82) is 0 Å². The highest BCUT2D eigenvalue weighted by Crippen LogP contribution is 2.30. The fourth-order valence-electron chi connectivity index (χ4n) is 3.18. The summed E-state index contributed by atoms with van der Waals surface area (Å²) in [5.41, 5.74) is 2.13. The van der Waals surface area contributed by atoms with Gasteiger partial charge in [-0.05, 0) is 50.3 Å². The van der Waals surface area contributed by atoms with Crippen LogP contribution >= 0.6 is 0 Å². The van der Waals surface area contributed by atoms with Crippen molar-refractivity contribution >= 4 is 28.4 Å². The molecule has 31 heavy (non-hydrogen) atoms. The number of pyridine rings is 2. The van der Waals surface area contributed by atoms with E-state index in [4.69, 9.17) is 9.47 Å². The third kappa shape index (κ3) is 5.61. The second kappa shape index (κ2) is 10.6. The van der Waals surface area contributed by atoms with Gasteiger partial charge in [-0.3, -0.25) is 4.98 Å². The van der Waals surface area contributed by atoms with Crippen molar-refractivity contribution in [1.82, 2.24) is 14.9 Å². The molecular formula is C23H28N4O4. The van der Waals surface area contributed by atoms with Gasteiger partial charge >= 0.3 is 5.97 Å². The third-order valence-electron chi connectivity index (χ3n) is 4.90. The number of benzene rings is 1. The van der Waals surface area contributed by atoms with E-state index in [1.807, 2.05) is 31.2 Å². The SMILES string of the molecule is CCOc1ccc2ncc(C(=O)O)c(Nc3ccc(OCCN(CC)CC)cc3)c2n1. The van der Waals surface area contributed by atoms with E-state index < -0.39 is 5.97 Å². The Morgan fingerprint density at radius 3 is 2.45 bits per heavy atom. The number of nitrogens with one attached hydrogen (secondary N) is 1. The third-order valence-corrected chi connectivity index (χ3v) is 4.90. The first-order valence-corrected chi connectivity index (χ1v) is 10.4. The molecule has 164 valence electrons. The van der Waals surface area contributed by atoms with E-state index in [-0.39, 0.29) is 5.56 Å². The average Bonchev–Trinajstić information content (AvgIpc) is 2.78. The number of rotatable bonds is 11. The van der Waals surface area contributed by atoms with Crippen molar-refractivity contribution in [3.05, 3.63) is 48.2 Å². The summed E-state index contributed by atoms with van der Waals surface area (Å²) in [7, 11) is 0. The molecule has 2 heterocycles. The summed E-state index contributed by atoms with van der Waals surface area (Å²) in [6.45, 7) is 10.0. The van der Waals surface area contributed by atoms with E-state index in [1.165, 1.54) is 6.20 Å². The van der Waals surface area contributed by atoms with Crippen molar-refractivity contribution in [2.24, 2.45) is 0 Å². The van der Waals surface area contributed by atoms with Gasteiger partial charge in [0.05, 0.1) is 17.8 Å². The van der Waals surface area contributed by atoms with Crippen LogP contribution in [0.2, 0.25) is 0 Å². The van der Waals surface area contributed by atoms with E-state index in [1.54, 1.807) is 12.1 Å². The monoisotopic (exact) mass is 424 g/mol. The van der Waals surface area contributed by atoms with Gasteiger partial charge in [0, 0.05) is 24.5 Å². The number of aromatic carboxylic acids is 1. The minimum atomic E-state index is -1.09. The molecule has 3 aromatic rings. The van der Waals surface area contributed by atoms with Crippen LogP contribution in [0.15, 0.2) is 42.6 Å². The number of hydrogen-bond donors (Lipinski definition) is 2. The molecule has 0 aliphatic rings. The minimum Gasteiger partial charge on any atom is -0.492 e. The van der Waals surface area contributed by atoms with Crippen LogP contribution in [-0.2, 0) is 0 Å².